The van der Waals surface area contributed by atoms with Crippen molar-refractivity contribution in [3.05, 3.63) is 42.5 Å². The average molecular weight is 291 g/mol. The molecule has 1 amide bonds. The van der Waals surface area contributed by atoms with Gasteiger partial charge in [0.1, 0.15) is 5.75 Å². The Bertz CT molecular complexity index is 480. The van der Waals surface area contributed by atoms with Crippen LogP contribution in [0.3, 0.4) is 0 Å². The van der Waals surface area contributed by atoms with E-state index in [0.717, 1.165) is 17.9 Å². The van der Waals surface area contributed by atoms with Gasteiger partial charge in [0.2, 0.25) is 5.91 Å². The third-order valence-electron chi connectivity index (χ3n) is 3.74. The van der Waals surface area contributed by atoms with Crippen LogP contribution in [0.4, 0.5) is 0 Å². The first-order valence-corrected chi connectivity index (χ1v) is 7.94. The van der Waals surface area contributed by atoms with Crippen molar-refractivity contribution >= 4 is 17.7 Å². The van der Waals surface area contributed by atoms with E-state index < -0.39 is 0 Å². The molecule has 0 aromatic heterocycles. The predicted octanol–water partition coefficient (Wildman–Crippen LogP) is 3.11. The van der Waals surface area contributed by atoms with Crippen LogP contribution in [-0.2, 0) is 11.3 Å². The summed E-state index contributed by atoms with van der Waals surface area (Å²) in [6.45, 7) is 5.03. The molecule has 0 heterocycles. The Labute approximate surface area is 125 Å². The number of hydrogen-bond donors (Lipinski definition) is 0. The van der Waals surface area contributed by atoms with Crippen molar-refractivity contribution in [2.24, 2.45) is 0 Å². The smallest absolute Gasteiger partial charge is 0.246 e. The number of rotatable bonds is 7. The van der Waals surface area contributed by atoms with Gasteiger partial charge in [-0.2, -0.15) is 11.8 Å². The lowest BCUT2D eigenvalue weighted by Crippen LogP contribution is -2.35. The second-order valence-corrected chi connectivity index (χ2v) is 6.41. The maximum Gasteiger partial charge on any atom is 0.246 e. The zero-order valence-corrected chi connectivity index (χ0v) is 12.9. The Kier molecular flexibility index (Phi) is 4.76. The number of hydrogen-bond acceptors (Lipinski definition) is 3. The molecule has 20 heavy (non-hydrogen) atoms. The molecule has 1 aromatic rings. The lowest BCUT2D eigenvalue weighted by molar-refractivity contribution is -0.126. The van der Waals surface area contributed by atoms with Crippen molar-refractivity contribution in [1.82, 2.24) is 4.90 Å². The van der Waals surface area contributed by atoms with E-state index in [1.54, 1.807) is 7.11 Å². The molecule has 1 aliphatic rings. The zero-order valence-electron chi connectivity index (χ0n) is 12.1. The fourth-order valence-corrected chi connectivity index (χ4v) is 3.00. The van der Waals surface area contributed by atoms with Crippen molar-refractivity contribution in [3.8, 4) is 5.75 Å². The van der Waals surface area contributed by atoms with Crippen LogP contribution in [0.1, 0.15) is 18.4 Å². The van der Waals surface area contributed by atoms with Gasteiger partial charge in [-0.05, 0) is 42.9 Å². The van der Waals surface area contributed by atoms with Gasteiger partial charge < -0.3 is 9.64 Å². The number of ether oxygens (including phenoxy) is 1. The summed E-state index contributed by atoms with van der Waals surface area (Å²) in [7, 11) is 1.65. The first-order chi connectivity index (χ1) is 9.62. The minimum Gasteiger partial charge on any atom is -0.497 e. The van der Waals surface area contributed by atoms with E-state index >= 15 is 0 Å². The molecule has 0 radical (unpaired) electrons. The molecule has 0 aliphatic heterocycles. The van der Waals surface area contributed by atoms with Crippen LogP contribution in [0, 0.1) is 0 Å². The minimum atomic E-state index is 0.00106. The topological polar surface area (TPSA) is 29.5 Å². The Morgan fingerprint density at radius 2 is 2.10 bits per heavy atom. The Balaban J connectivity index is 2.06. The van der Waals surface area contributed by atoms with E-state index in [-0.39, 0.29) is 10.7 Å². The quantitative estimate of drug-likeness (QED) is 0.723. The Morgan fingerprint density at radius 1 is 1.45 bits per heavy atom. The number of carbonyl (C=O) groups excluding carboxylic acids is 1. The lowest BCUT2D eigenvalue weighted by atomic mass is 10.2. The van der Waals surface area contributed by atoms with E-state index in [4.69, 9.17) is 4.74 Å². The van der Waals surface area contributed by atoms with E-state index in [2.05, 4.69) is 12.8 Å². The summed E-state index contributed by atoms with van der Waals surface area (Å²) < 4.78 is 5.42. The molecular formula is C16H21NO2S. The molecule has 4 heteroatoms. The molecule has 0 spiro atoms. The number of carbonyl (C=O) groups is 1. The fourth-order valence-electron chi connectivity index (χ4n) is 2.21. The van der Waals surface area contributed by atoms with Crippen molar-refractivity contribution in [1.29, 1.82) is 0 Å². The monoisotopic (exact) mass is 291 g/mol. The molecule has 108 valence electrons. The van der Waals surface area contributed by atoms with Crippen molar-refractivity contribution < 1.29 is 9.53 Å². The predicted molar refractivity (Wildman–Crippen MR) is 84.1 cm³/mol. The average Bonchev–Trinajstić information content (AvgIpc) is 3.27. The third kappa shape index (κ3) is 3.57. The van der Waals surface area contributed by atoms with Gasteiger partial charge in [0.25, 0.3) is 0 Å². The highest BCUT2D eigenvalue weighted by Gasteiger charge is 2.43. The highest BCUT2D eigenvalue weighted by Crippen LogP contribution is 2.47. The molecule has 0 N–H and O–H groups in total. The highest BCUT2D eigenvalue weighted by molar-refractivity contribution is 8.00. The van der Waals surface area contributed by atoms with Crippen molar-refractivity contribution in [2.75, 3.05) is 19.9 Å². The largest absolute Gasteiger partial charge is 0.497 e. The molecule has 1 saturated carbocycles. The summed E-state index contributed by atoms with van der Waals surface area (Å²) in [6, 6.07) is 7.85. The van der Waals surface area contributed by atoms with E-state index in [9.17, 15) is 4.79 Å². The Morgan fingerprint density at radius 3 is 2.55 bits per heavy atom. The second-order valence-electron chi connectivity index (χ2n) is 5.13. The van der Waals surface area contributed by atoms with Crippen LogP contribution in [0.15, 0.2) is 36.9 Å². The first kappa shape index (κ1) is 15.0. The van der Waals surface area contributed by atoms with Gasteiger partial charge in [-0.3, -0.25) is 4.79 Å². The molecule has 0 bridgehead atoms. The number of nitrogens with zero attached hydrogens (tertiary/aromatic N) is 1. The molecule has 0 saturated heterocycles. The van der Waals surface area contributed by atoms with Crippen LogP contribution in [0.25, 0.3) is 0 Å². The van der Waals surface area contributed by atoms with E-state index in [1.165, 1.54) is 18.9 Å². The maximum absolute atomic E-state index is 12.0. The van der Waals surface area contributed by atoms with Gasteiger partial charge >= 0.3 is 0 Å². The molecule has 1 aromatic carbocycles. The summed E-state index contributed by atoms with van der Waals surface area (Å²) in [4.78, 5) is 13.9. The summed E-state index contributed by atoms with van der Waals surface area (Å²) in [5.74, 6) is 0.833. The van der Waals surface area contributed by atoms with Crippen molar-refractivity contribution in [3.63, 3.8) is 0 Å². The normalized spacial score (nSPS) is 15.5. The van der Waals surface area contributed by atoms with Crippen molar-refractivity contribution in [2.45, 2.75) is 24.1 Å². The molecule has 2 rings (SSSR count). The number of thioether (sulfide) groups is 1. The molecule has 0 unspecified atom stereocenters. The number of benzene rings is 1. The number of amides is 1. The lowest BCUT2D eigenvalue weighted by Gasteiger charge is -2.26. The summed E-state index contributed by atoms with van der Waals surface area (Å²) >= 11 is 1.86. The van der Waals surface area contributed by atoms with E-state index in [1.807, 2.05) is 40.9 Å². The standard InChI is InChI=1S/C16H21NO2S/c1-4-15(18)17(12-16(20-3)9-10-16)11-13-5-7-14(19-2)8-6-13/h4-8H,1,9-12H2,2-3H3. The van der Waals surface area contributed by atoms with Crippen LogP contribution in [0.2, 0.25) is 0 Å². The summed E-state index contributed by atoms with van der Waals surface area (Å²) in [5, 5.41) is 0. The minimum absolute atomic E-state index is 0.00106. The summed E-state index contributed by atoms with van der Waals surface area (Å²) in [5.41, 5.74) is 1.11. The van der Waals surface area contributed by atoms with Crippen LogP contribution < -0.4 is 4.74 Å². The van der Waals surface area contributed by atoms with Gasteiger partial charge in [-0.15, -0.1) is 0 Å². The van der Waals surface area contributed by atoms with Crippen LogP contribution >= 0.6 is 11.8 Å². The van der Waals surface area contributed by atoms with Gasteiger partial charge in [-0.25, -0.2) is 0 Å². The Hall–Kier alpha value is -1.42. The maximum atomic E-state index is 12.0. The van der Waals surface area contributed by atoms with Crippen LogP contribution in [0.5, 0.6) is 5.75 Å². The van der Waals surface area contributed by atoms with Gasteiger partial charge in [0.05, 0.1) is 7.11 Å². The summed E-state index contributed by atoms with van der Waals surface area (Å²) in [6.07, 6.45) is 5.91. The van der Waals surface area contributed by atoms with Crippen LogP contribution in [-0.4, -0.2) is 35.5 Å². The molecule has 1 fully saturated rings. The first-order valence-electron chi connectivity index (χ1n) is 6.72. The highest BCUT2D eigenvalue weighted by atomic mass is 32.2. The molecule has 3 nitrogen and oxygen atoms in total. The fraction of sp³-hybridized carbons (Fsp3) is 0.438. The SMILES string of the molecule is C=CC(=O)N(Cc1ccc(OC)cc1)CC1(SC)CC1. The molecule has 0 atom stereocenters. The van der Waals surface area contributed by atoms with E-state index in [0.29, 0.717) is 6.54 Å². The third-order valence-corrected chi connectivity index (χ3v) is 5.14. The van der Waals surface area contributed by atoms with Gasteiger partial charge in [0, 0.05) is 17.8 Å². The molecular weight excluding hydrogens is 270 g/mol. The van der Waals surface area contributed by atoms with Gasteiger partial charge in [0.15, 0.2) is 0 Å². The zero-order chi connectivity index (χ0) is 14.6. The second kappa shape index (κ2) is 6.35. The van der Waals surface area contributed by atoms with Gasteiger partial charge in [-0.1, -0.05) is 18.7 Å². The number of methoxy groups -OCH3 is 1. The molecule has 1 aliphatic carbocycles.